The molecule has 0 amide bonds. The van der Waals surface area contributed by atoms with Crippen molar-refractivity contribution in [1.29, 1.82) is 0 Å². The van der Waals surface area contributed by atoms with Crippen LogP contribution < -0.4 is 0 Å². The van der Waals surface area contributed by atoms with Crippen molar-refractivity contribution in [1.82, 2.24) is 45.5 Å². The third-order valence-electron chi connectivity index (χ3n) is 3.21. The number of nitrogens with zero attached hydrogens (tertiary/aromatic N) is 9. The van der Waals surface area contributed by atoms with Crippen molar-refractivity contribution >= 4 is 0 Å². The van der Waals surface area contributed by atoms with E-state index >= 15 is 0 Å². The fourth-order valence-corrected chi connectivity index (χ4v) is 1.59. The molecule has 0 saturated heterocycles. The monoisotopic (exact) mass is 459 g/mol. The first-order valence-corrected chi connectivity index (χ1v) is 11.8. The summed E-state index contributed by atoms with van der Waals surface area (Å²) in [6, 6.07) is 0. The Labute approximate surface area is 201 Å². The summed E-state index contributed by atoms with van der Waals surface area (Å²) in [6.07, 6.45) is 9.55. The molecule has 0 aliphatic carbocycles. The Balaban J connectivity index is -0.000000367. The third-order valence-corrected chi connectivity index (χ3v) is 3.21. The summed E-state index contributed by atoms with van der Waals surface area (Å²) < 4.78 is 0. The van der Waals surface area contributed by atoms with Crippen LogP contribution in [0, 0.1) is 0 Å². The van der Waals surface area contributed by atoms with E-state index in [1.165, 1.54) is 12.7 Å². The molecule has 0 bridgehead atoms. The van der Waals surface area contributed by atoms with Crippen LogP contribution in [-0.4, -0.2) is 45.5 Å². The average molecular weight is 460 g/mol. The normalized spacial score (nSPS) is 8.82. The zero-order valence-electron chi connectivity index (χ0n) is 22.7. The predicted octanol–water partition coefficient (Wildman–Crippen LogP) is 6.06. The van der Waals surface area contributed by atoms with Crippen molar-refractivity contribution < 1.29 is 0 Å². The zero-order chi connectivity index (χ0) is 26.1. The van der Waals surface area contributed by atoms with Gasteiger partial charge < -0.3 is 0 Å². The van der Waals surface area contributed by atoms with E-state index in [1.54, 1.807) is 24.8 Å². The van der Waals surface area contributed by atoms with E-state index in [9.17, 15) is 0 Å². The van der Waals surface area contributed by atoms with Gasteiger partial charge in [-0.25, -0.2) is 15.0 Å². The van der Waals surface area contributed by atoms with Gasteiger partial charge in [-0.2, -0.15) is 15.3 Å². The minimum atomic E-state index is 0.374. The molecule has 0 N–H and O–H groups in total. The Morgan fingerprint density at radius 2 is 1.12 bits per heavy atom. The van der Waals surface area contributed by atoms with E-state index in [0.29, 0.717) is 17.8 Å². The van der Waals surface area contributed by atoms with Gasteiger partial charge in [-0.3, -0.25) is 0 Å². The fraction of sp³-hybridized carbons (Fsp3) is 0.625. The molecule has 3 aromatic rings. The first-order chi connectivity index (χ1) is 15.9. The van der Waals surface area contributed by atoms with E-state index in [-0.39, 0.29) is 0 Å². The molecular weight excluding hydrogens is 414 g/mol. The lowest BCUT2D eigenvalue weighted by atomic mass is 10.1. The van der Waals surface area contributed by atoms with Gasteiger partial charge in [0.1, 0.15) is 12.7 Å². The van der Waals surface area contributed by atoms with Crippen molar-refractivity contribution in [3.63, 3.8) is 0 Å². The van der Waals surface area contributed by atoms with Crippen molar-refractivity contribution in [3.05, 3.63) is 54.7 Å². The maximum atomic E-state index is 4.00. The quantitative estimate of drug-likeness (QED) is 0.460. The molecule has 186 valence electrons. The minimum absolute atomic E-state index is 0.374. The number of aromatic nitrogens is 9. The number of rotatable bonds is 3. The van der Waals surface area contributed by atoms with Gasteiger partial charge in [-0.15, -0.1) is 15.3 Å². The van der Waals surface area contributed by atoms with Crippen LogP contribution in [0.5, 0.6) is 0 Å². The molecule has 3 rings (SSSR count). The van der Waals surface area contributed by atoms with Crippen molar-refractivity contribution in [3.8, 4) is 0 Å². The summed E-state index contributed by atoms with van der Waals surface area (Å²) in [5.74, 6) is 2.04. The Kier molecular flexibility index (Phi) is 26.5. The largest absolute Gasteiger partial charge is 0.241 e. The predicted molar refractivity (Wildman–Crippen MR) is 136 cm³/mol. The van der Waals surface area contributed by atoms with Gasteiger partial charge in [0, 0.05) is 12.1 Å². The molecule has 0 saturated carbocycles. The van der Waals surface area contributed by atoms with Crippen LogP contribution in [0.2, 0.25) is 0 Å². The Morgan fingerprint density at radius 3 is 1.39 bits per heavy atom. The van der Waals surface area contributed by atoms with Crippen LogP contribution in [-0.2, 0) is 0 Å². The molecule has 33 heavy (non-hydrogen) atoms. The van der Waals surface area contributed by atoms with E-state index < -0.39 is 0 Å². The minimum Gasteiger partial charge on any atom is -0.241 e. The van der Waals surface area contributed by atoms with E-state index in [2.05, 4.69) is 73.2 Å². The molecule has 0 unspecified atom stereocenters. The highest BCUT2D eigenvalue weighted by molar-refractivity contribution is 4.97. The zero-order valence-corrected chi connectivity index (χ0v) is 22.7. The molecule has 9 heteroatoms. The summed E-state index contributed by atoms with van der Waals surface area (Å²) in [6.45, 7) is 24.3. The molecule has 0 aromatic carbocycles. The van der Waals surface area contributed by atoms with E-state index in [4.69, 9.17) is 0 Å². The summed E-state index contributed by atoms with van der Waals surface area (Å²) >= 11 is 0. The molecule has 3 heterocycles. The Hall–Kier alpha value is -2.97. The highest BCUT2D eigenvalue weighted by atomic mass is 15.1. The molecule has 0 fully saturated rings. The average Bonchev–Trinajstić information content (AvgIpc) is 2.90. The van der Waals surface area contributed by atoms with Crippen LogP contribution >= 0.6 is 0 Å². The second kappa shape index (κ2) is 25.3. The molecule has 0 spiro atoms. The van der Waals surface area contributed by atoms with Crippen LogP contribution in [0.1, 0.15) is 118 Å². The van der Waals surface area contributed by atoms with Crippen molar-refractivity contribution in [2.75, 3.05) is 0 Å². The van der Waals surface area contributed by atoms with Crippen molar-refractivity contribution in [2.24, 2.45) is 0 Å². The first kappa shape index (κ1) is 34.6. The Morgan fingerprint density at radius 1 is 0.515 bits per heavy atom. The fourth-order valence-electron chi connectivity index (χ4n) is 1.59. The third kappa shape index (κ3) is 19.4. The second-order valence-electron chi connectivity index (χ2n) is 6.53. The van der Waals surface area contributed by atoms with Crippen molar-refractivity contribution in [2.45, 2.75) is 101 Å². The molecular formula is C24H45N9. The van der Waals surface area contributed by atoms with Crippen LogP contribution in [0.3, 0.4) is 0 Å². The lowest BCUT2D eigenvalue weighted by Gasteiger charge is -1.98. The molecule has 0 radical (unpaired) electrons. The van der Waals surface area contributed by atoms with Gasteiger partial charge in [0.2, 0.25) is 0 Å². The maximum Gasteiger partial charge on any atom is 0.153 e. The van der Waals surface area contributed by atoms with Gasteiger partial charge in [0.15, 0.2) is 5.82 Å². The van der Waals surface area contributed by atoms with Gasteiger partial charge in [0.05, 0.1) is 30.0 Å². The second-order valence-corrected chi connectivity index (χ2v) is 6.53. The molecule has 0 atom stereocenters. The standard InChI is InChI=1S/3C6H9N3.3C2H6/c1-5(2)6-3-8-9-4-7-6;1-5(2)6-3-7-4-8-9-6;1-5(2)6-7-3-4-8-9-6;3*1-2/h3*3-5H,1-2H3;3*1-2H3. The molecule has 3 aromatic heterocycles. The van der Waals surface area contributed by atoms with Gasteiger partial charge in [0.25, 0.3) is 0 Å². The van der Waals surface area contributed by atoms with Crippen LogP contribution in [0.25, 0.3) is 0 Å². The highest BCUT2D eigenvalue weighted by Gasteiger charge is 1.99. The van der Waals surface area contributed by atoms with E-state index in [1.807, 2.05) is 55.4 Å². The SMILES string of the molecule is CC.CC.CC.CC(C)c1cncnn1.CC(C)c1cnncn1.CC(C)c1nccnn1. The van der Waals surface area contributed by atoms with E-state index in [0.717, 1.165) is 17.2 Å². The van der Waals surface area contributed by atoms with Gasteiger partial charge in [-0.1, -0.05) is 83.1 Å². The maximum absolute atomic E-state index is 4.00. The lowest BCUT2D eigenvalue weighted by molar-refractivity contribution is 0.735. The topological polar surface area (TPSA) is 116 Å². The summed E-state index contributed by atoms with van der Waals surface area (Å²) in [7, 11) is 0. The smallest absolute Gasteiger partial charge is 0.153 e. The Bertz CT molecular complexity index is 619. The first-order valence-electron chi connectivity index (χ1n) is 11.8. The molecule has 0 aliphatic heterocycles. The van der Waals surface area contributed by atoms with Crippen LogP contribution in [0.4, 0.5) is 0 Å². The summed E-state index contributed by atoms with van der Waals surface area (Å²) in [5, 5.41) is 22.3. The summed E-state index contributed by atoms with van der Waals surface area (Å²) in [4.78, 5) is 11.8. The lowest BCUT2D eigenvalue weighted by Crippen LogP contribution is -1.96. The molecule has 9 nitrogen and oxygen atoms in total. The number of hydrogen-bond donors (Lipinski definition) is 0. The molecule has 0 aliphatic rings. The van der Waals surface area contributed by atoms with Gasteiger partial charge >= 0.3 is 0 Å². The highest BCUT2D eigenvalue weighted by Crippen LogP contribution is 2.07. The summed E-state index contributed by atoms with van der Waals surface area (Å²) in [5.41, 5.74) is 1.93. The number of hydrogen-bond acceptors (Lipinski definition) is 9. The van der Waals surface area contributed by atoms with Gasteiger partial charge in [-0.05, 0) is 11.8 Å². The van der Waals surface area contributed by atoms with Crippen LogP contribution in [0.15, 0.2) is 37.4 Å².